The van der Waals surface area contributed by atoms with E-state index in [9.17, 15) is 13.2 Å². The maximum Gasteiger partial charge on any atom is 0.245 e. The summed E-state index contributed by atoms with van der Waals surface area (Å²) in [6, 6.07) is 16.0. The van der Waals surface area contributed by atoms with Crippen molar-refractivity contribution in [1.82, 2.24) is 9.21 Å². The lowest BCUT2D eigenvalue weighted by Crippen LogP contribution is -2.47. The zero-order valence-corrected chi connectivity index (χ0v) is 22.1. The number of nitrogens with zero attached hydrogens (tertiary/aromatic N) is 2. The van der Waals surface area contributed by atoms with E-state index < -0.39 is 10.0 Å². The molecular weight excluding hydrogens is 511 g/mol. The molecular formula is C25H26Cl2N2O3S2. The largest absolute Gasteiger partial charge is 0.330 e. The second-order valence-electron chi connectivity index (χ2n) is 8.72. The molecule has 0 fully saturated rings. The molecule has 0 saturated heterocycles. The lowest BCUT2D eigenvalue weighted by Gasteiger charge is -2.37. The molecule has 1 aliphatic heterocycles. The molecule has 2 heterocycles. The number of carbonyl (C=O) groups is 1. The fourth-order valence-corrected chi connectivity index (χ4v) is 7.48. The lowest BCUT2D eigenvalue weighted by atomic mass is 9.93. The smallest absolute Gasteiger partial charge is 0.245 e. The monoisotopic (exact) mass is 536 g/mol. The van der Waals surface area contributed by atoms with Gasteiger partial charge in [-0.25, -0.2) is 8.42 Å². The van der Waals surface area contributed by atoms with Crippen LogP contribution in [0.1, 0.15) is 35.9 Å². The molecule has 0 aliphatic carbocycles. The van der Waals surface area contributed by atoms with Crippen LogP contribution < -0.4 is 0 Å². The van der Waals surface area contributed by atoms with Crippen molar-refractivity contribution in [2.45, 2.75) is 31.2 Å². The summed E-state index contributed by atoms with van der Waals surface area (Å²) in [4.78, 5) is 16.7. The Bertz CT molecular complexity index is 1280. The molecule has 1 aromatic heterocycles. The normalized spacial score (nSPS) is 16.2. The third-order valence-corrected chi connectivity index (χ3v) is 9.32. The van der Waals surface area contributed by atoms with E-state index in [1.54, 1.807) is 16.2 Å². The Labute approximate surface area is 215 Å². The second-order valence-corrected chi connectivity index (χ2v) is 12.5. The van der Waals surface area contributed by atoms with Crippen molar-refractivity contribution in [2.75, 3.05) is 19.6 Å². The molecule has 0 bridgehead atoms. The second kappa shape index (κ2) is 10.4. The third-order valence-electron chi connectivity index (χ3n) is 5.79. The van der Waals surface area contributed by atoms with E-state index in [1.165, 1.54) is 27.4 Å². The Morgan fingerprint density at radius 2 is 1.88 bits per heavy atom. The summed E-state index contributed by atoms with van der Waals surface area (Å²) in [5, 5.41) is 2.39. The van der Waals surface area contributed by atoms with Gasteiger partial charge in [0.2, 0.25) is 15.9 Å². The quantitative estimate of drug-likeness (QED) is 0.379. The van der Waals surface area contributed by atoms with Crippen LogP contribution in [0.2, 0.25) is 10.0 Å². The van der Waals surface area contributed by atoms with E-state index in [0.717, 1.165) is 17.5 Å². The number of carbonyl (C=O) groups excluding carboxylic acids is 1. The average molecular weight is 538 g/mol. The highest BCUT2D eigenvalue weighted by Gasteiger charge is 2.36. The molecule has 180 valence electrons. The summed E-state index contributed by atoms with van der Waals surface area (Å²) in [6.45, 7) is 4.27. The summed E-state index contributed by atoms with van der Waals surface area (Å²) in [6.07, 6.45) is 0.749. The first kappa shape index (κ1) is 25.2. The molecule has 1 atom stereocenters. The van der Waals surface area contributed by atoms with Gasteiger partial charge >= 0.3 is 0 Å². The van der Waals surface area contributed by atoms with Crippen molar-refractivity contribution in [3.63, 3.8) is 0 Å². The van der Waals surface area contributed by atoms with Gasteiger partial charge in [-0.3, -0.25) is 4.79 Å². The molecule has 2 aromatic carbocycles. The molecule has 1 amide bonds. The fourth-order valence-electron chi connectivity index (χ4n) is 4.29. The van der Waals surface area contributed by atoms with Crippen molar-refractivity contribution in [3.8, 4) is 0 Å². The summed E-state index contributed by atoms with van der Waals surface area (Å²) in [5.74, 6) is -0.233. The minimum atomic E-state index is -4.04. The number of hydrogen-bond donors (Lipinski definition) is 0. The number of fused-ring (bicyclic) bond motifs is 1. The number of amides is 1. The molecule has 0 N–H and O–H groups in total. The summed E-state index contributed by atoms with van der Waals surface area (Å²) >= 11 is 14.0. The van der Waals surface area contributed by atoms with E-state index >= 15 is 0 Å². The van der Waals surface area contributed by atoms with Gasteiger partial charge < -0.3 is 4.90 Å². The van der Waals surface area contributed by atoms with Gasteiger partial charge in [0.25, 0.3) is 0 Å². The van der Waals surface area contributed by atoms with Gasteiger partial charge in [0.05, 0.1) is 17.6 Å². The van der Waals surface area contributed by atoms with Crippen LogP contribution in [0.15, 0.2) is 64.9 Å². The van der Waals surface area contributed by atoms with Gasteiger partial charge in [-0.1, -0.05) is 67.4 Å². The van der Waals surface area contributed by atoms with Crippen molar-refractivity contribution < 1.29 is 13.2 Å². The maximum absolute atomic E-state index is 13.7. The van der Waals surface area contributed by atoms with Crippen LogP contribution in [0, 0.1) is 5.92 Å². The predicted molar refractivity (Wildman–Crippen MR) is 138 cm³/mol. The number of benzene rings is 2. The number of halogens is 2. The van der Waals surface area contributed by atoms with Gasteiger partial charge in [-0.2, -0.15) is 4.31 Å². The minimum Gasteiger partial charge on any atom is -0.330 e. The topological polar surface area (TPSA) is 57.7 Å². The summed E-state index contributed by atoms with van der Waals surface area (Å²) < 4.78 is 28.4. The summed E-state index contributed by atoms with van der Waals surface area (Å²) in [7, 11) is -4.04. The van der Waals surface area contributed by atoms with Crippen LogP contribution in [-0.4, -0.2) is 43.2 Å². The molecule has 0 spiro atoms. The van der Waals surface area contributed by atoms with Crippen molar-refractivity contribution in [3.05, 3.63) is 86.0 Å². The molecule has 3 aromatic rings. The van der Waals surface area contributed by atoms with E-state index in [4.69, 9.17) is 23.2 Å². The summed E-state index contributed by atoms with van der Waals surface area (Å²) in [5.41, 5.74) is 2.11. The van der Waals surface area contributed by atoms with Crippen LogP contribution in [0.25, 0.3) is 0 Å². The van der Waals surface area contributed by atoms with Crippen molar-refractivity contribution >= 4 is 50.5 Å². The van der Waals surface area contributed by atoms with Gasteiger partial charge in [0, 0.05) is 23.0 Å². The molecule has 5 nitrogen and oxygen atoms in total. The Morgan fingerprint density at radius 1 is 1.15 bits per heavy atom. The molecule has 1 aliphatic rings. The van der Waals surface area contributed by atoms with Crippen molar-refractivity contribution in [1.29, 1.82) is 0 Å². The zero-order valence-electron chi connectivity index (χ0n) is 18.9. The van der Waals surface area contributed by atoms with E-state index in [1.807, 2.05) is 49.6 Å². The first-order chi connectivity index (χ1) is 16.2. The molecule has 0 saturated carbocycles. The first-order valence-corrected chi connectivity index (χ1v) is 14.1. The van der Waals surface area contributed by atoms with Crippen LogP contribution in [0.4, 0.5) is 0 Å². The number of rotatable bonds is 7. The highest BCUT2D eigenvalue weighted by atomic mass is 35.5. The third kappa shape index (κ3) is 5.19. The van der Waals surface area contributed by atoms with Crippen LogP contribution in [-0.2, 0) is 21.2 Å². The lowest BCUT2D eigenvalue weighted by molar-refractivity contribution is -0.133. The SMILES string of the molecule is CC(C)CN(CC(=O)N1CCc2sccc2C1c1ccccc1)S(=O)(=O)c1cc(Cl)ccc1Cl. The maximum atomic E-state index is 13.7. The van der Waals surface area contributed by atoms with Gasteiger partial charge in [0.15, 0.2) is 0 Å². The number of thiophene rings is 1. The minimum absolute atomic E-state index is 0.00953. The molecule has 9 heteroatoms. The van der Waals surface area contributed by atoms with E-state index in [2.05, 4.69) is 6.07 Å². The molecule has 34 heavy (non-hydrogen) atoms. The molecule has 0 radical (unpaired) electrons. The van der Waals surface area contributed by atoms with Crippen LogP contribution in [0.5, 0.6) is 0 Å². The standard InChI is InChI=1S/C25H26Cl2N2O3S2/c1-17(2)15-28(34(31,32)23-14-19(26)8-9-21(23)27)16-24(30)29-12-10-22-20(11-13-33-22)25(29)18-6-4-3-5-7-18/h3-9,11,13-14,17,25H,10,12,15-16H2,1-2H3. The highest BCUT2D eigenvalue weighted by Crippen LogP contribution is 2.38. The highest BCUT2D eigenvalue weighted by molar-refractivity contribution is 7.89. The van der Waals surface area contributed by atoms with Crippen molar-refractivity contribution in [2.24, 2.45) is 5.92 Å². The Morgan fingerprint density at radius 3 is 2.59 bits per heavy atom. The zero-order chi connectivity index (χ0) is 24.5. The average Bonchev–Trinajstić information content (AvgIpc) is 3.28. The van der Waals surface area contributed by atoms with Gasteiger partial charge in [-0.05, 0) is 53.1 Å². The van der Waals surface area contributed by atoms with E-state index in [0.29, 0.717) is 6.54 Å². The Kier molecular flexibility index (Phi) is 7.69. The van der Waals surface area contributed by atoms with Gasteiger partial charge in [0.1, 0.15) is 4.90 Å². The molecule has 4 rings (SSSR count). The number of sulfonamides is 1. The van der Waals surface area contributed by atoms with Crippen LogP contribution in [0.3, 0.4) is 0 Å². The first-order valence-electron chi connectivity index (χ1n) is 11.0. The Balaban J connectivity index is 1.68. The number of hydrogen-bond acceptors (Lipinski definition) is 4. The Hall–Kier alpha value is -1.90. The van der Waals surface area contributed by atoms with Crippen LogP contribution >= 0.6 is 34.5 Å². The fraction of sp³-hybridized carbons (Fsp3) is 0.320. The predicted octanol–water partition coefficient (Wildman–Crippen LogP) is 5.88. The van der Waals surface area contributed by atoms with E-state index in [-0.39, 0.29) is 45.9 Å². The van der Waals surface area contributed by atoms with Gasteiger partial charge in [-0.15, -0.1) is 11.3 Å². The molecule has 1 unspecified atom stereocenters.